The molecular formula is C14H13NO4S. The van der Waals surface area contributed by atoms with Crippen LogP contribution in [-0.2, 0) is 9.59 Å². The van der Waals surface area contributed by atoms with Crippen LogP contribution in [0.5, 0.6) is 0 Å². The average Bonchev–Trinajstić information content (AvgIpc) is 2.75. The normalized spacial score (nSPS) is 15.1. The fraction of sp³-hybridized carbons (Fsp3) is 0.143. The van der Waals surface area contributed by atoms with Gasteiger partial charge in [0, 0.05) is 11.4 Å². The van der Waals surface area contributed by atoms with E-state index in [9.17, 15) is 9.59 Å². The van der Waals surface area contributed by atoms with Crippen LogP contribution in [0.1, 0.15) is 6.92 Å². The van der Waals surface area contributed by atoms with Gasteiger partial charge in [-0.25, -0.2) is 9.59 Å². The van der Waals surface area contributed by atoms with Gasteiger partial charge in [-0.15, -0.1) is 0 Å². The molecule has 20 heavy (non-hydrogen) atoms. The summed E-state index contributed by atoms with van der Waals surface area (Å²) < 4.78 is 0. The van der Waals surface area contributed by atoms with Crippen molar-refractivity contribution in [2.75, 3.05) is 11.4 Å². The number of hydrogen-bond donors (Lipinski definition) is 2. The van der Waals surface area contributed by atoms with Gasteiger partial charge in [0.15, 0.2) is 0 Å². The van der Waals surface area contributed by atoms with E-state index < -0.39 is 17.5 Å². The van der Waals surface area contributed by atoms with Crippen LogP contribution in [0.25, 0.3) is 0 Å². The van der Waals surface area contributed by atoms with Gasteiger partial charge in [0.05, 0.1) is 10.7 Å². The quantitative estimate of drug-likeness (QED) is 0.504. The maximum absolute atomic E-state index is 10.8. The summed E-state index contributed by atoms with van der Waals surface area (Å²) in [5, 5.41) is 18.4. The summed E-state index contributed by atoms with van der Waals surface area (Å²) in [6, 6.07) is 7.81. The number of benzene rings is 1. The second kappa shape index (κ2) is 5.83. The SMILES string of the molecule is CCN1C(=CC=C(C(=O)O)C(=O)O)Sc2ccccc21. The van der Waals surface area contributed by atoms with Gasteiger partial charge in [-0.3, -0.25) is 0 Å². The van der Waals surface area contributed by atoms with Crippen molar-refractivity contribution in [2.45, 2.75) is 11.8 Å². The van der Waals surface area contributed by atoms with Crippen molar-refractivity contribution in [3.63, 3.8) is 0 Å². The number of para-hydroxylation sites is 1. The zero-order chi connectivity index (χ0) is 14.7. The van der Waals surface area contributed by atoms with E-state index in [4.69, 9.17) is 10.2 Å². The third-order valence-electron chi connectivity index (χ3n) is 2.81. The van der Waals surface area contributed by atoms with Crippen molar-refractivity contribution < 1.29 is 19.8 Å². The Bertz CT molecular complexity index is 605. The van der Waals surface area contributed by atoms with Gasteiger partial charge in [-0.2, -0.15) is 0 Å². The summed E-state index contributed by atoms with van der Waals surface area (Å²) in [6.45, 7) is 2.70. The predicted octanol–water partition coefficient (Wildman–Crippen LogP) is 2.56. The Hall–Kier alpha value is -2.21. The lowest BCUT2D eigenvalue weighted by atomic mass is 10.2. The van der Waals surface area contributed by atoms with Crippen molar-refractivity contribution >= 4 is 29.4 Å². The van der Waals surface area contributed by atoms with E-state index >= 15 is 0 Å². The van der Waals surface area contributed by atoms with Crippen LogP contribution in [0.2, 0.25) is 0 Å². The molecule has 0 spiro atoms. The molecule has 1 aliphatic rings. The molecular weight excluding hydrogens is 278 g/mol. The minimum Gasteiger partial charge on any atom is -0.477 e. The summed E-state index contributed by atoms with van der Waals surface area (Å²) >= 11 is 1.49. The lowest BCUT2D eigenvalue weighted by Gasteiger charge is -2.17. The average molecular weight is 291 g/mol. The number of carbonyl (C=O) groups is 2. The van der Waals surface area contributed by atoms with Crippen molar-refractivity contribution in [3.05, 3.63) is 47.0 Å². The number of carboxylic acid groups (broad SMARTS) is 2. The number of allylic oxidation sites excluding steroid dienone is 2. The van der Waals surface area contributed by atoms with Gasteiger partial charge < -0.3 is 15.1 Å². The van der Waals surface area contributed by atoms with Gasteiger partial charge in [0.2, 0.25) is 0 Å². The number of thioether (sulfide) groups is 1. The standard InChI is InChI=1S/C14H13NO4S/c1-2-15-10-5-3-4-6-11(10)20-12(15)8-7-9(13(16)17)14(18)19/h3-8H,2H2,1H3,(H,16,17)(H,18,19). The molecule has 0 atom stereocenters. The molecule has 0 amide bonds. The first-order valence-electron chi connectivity index (χ1n) is 5.97. The zero-order valence-electron chi connectivity index (χ0n) is 10.7. The van der Waals surface area contributed by atoms with Gasteiger partial charge in [0.1, 0.15) is 5.57 Å². The Morgan fingerprint density at radius 3 is 2.50 bits per heavy atom. The molecule has 0 aliphatic carbocycles. The second-order valence-electron chi connectivity index (χ2n) is 4.01. The Labute approximate surface area is 120 Å². The second-order valence-corrected chi connectivity index (χ2v) is 5.07. The van der Waals surface area contributed by atoms with E-state index in [-0.39, 0.29) is 0 Å². The van der Waals surface area contributed by atoms with Crippen LogP contribution >= 0.6 is 11.8 Å². The first-order valence-corrected chi connectivity index (χ1v) is 6.79. The topological polar surface area (TPSA) is 77.8 Å². The molecule has 0 fully saturated rings. The summed E-state index contributed by atoms with van der Waals surface area (Å²) in [6.07, 6.45) is 2.66. The van der Waals surface area contributed by atoms with E-state index in [1.165, 1.54) is 17.8 Å². The molecule has 1 aromatic rings. The van der Waals surface area contributed by atoms with E-state index in [0.717, 1.165) is 28.2 Å². The van der Waals surface area contributed by atoms with Crippen LogP contribution in [0.3, 0.4) is 0 Å². The largest absolute Gasteiger partial charge is 0.477 e. The van der Waals surface area contributed by atoms with Crippen LogP contribution in [-0.4, -0.2) is 28.7 Å². The smallest absolute Gasteiger partial charge is 0.343 e. The van der Waals surface area contributed by atoms with Gasteiger partial charge in [-0.05, 0) is 31.2 Å². The minimum atomic E-state index is -1.45. The maximum atomic E-state index is 10.8. The maximum Gasteiger partial charge on any atom is 0.343 e. The molecule has 1 aromatic carbocycles. The predicted molar refractivity (Wildman–Crippen MR) is 76.8 cm³/mol. The molecule has 0 saturated heterocycles. The third-order valence-corrected chi connectivity index (χ3v) is 3.94. The minimum absolute atomic E-state index is 0.648. The van der Waals surface area contributed by atoms with Gasteiger partial charge >= 0.3 is 11.9 Å². The highest BCUT2D eigenvalue weighted by Gasteiger charge is 2.23. The van der Waals surface area contributed by atoms with Crippen molar-refractivity contribution in [1.82, 2.24) is 0 Å². The van der Waals surface area contributed by atoms with Crippen LogP contribution in [0.4, 0.5) is 5.69 Å². The Balaban J connectivity index is 2.35. The molecule has 5 nitrogen and oxygen atoms in total. The Morgan fingerprint density at radius 1 is 1.25 bits per heavy atom. The van der Waals surface area contributed by atoms with Crippen molar-refractivity contribution in [2.24, 2.45) is 0 Å². The van der Waals surface area contributed by atoms with Crippen molar-refractivity contribution in [3.8, 4) is 0 Å². The molecule has 1 heterocycles. The Kier molecular flexibility index (Phi) is 4.14. The molecule has 2 N–H and O–H groups in total. The molecule has 104 valence electrons. The number of anilines is 1. The highest BCUT2D eigenvalue weighted by Crippen LogP contribution is 2.45. The van der Waals surface area contributed by atoms with Crippen LogP contribution in [0.15, 0.2) is 51.9 Å². The lowest BCUT2D eigenvalue weighted by Crippen LogP contribution is -2.16. The molecule has 2 rings (SSSR count). The third kappa shape index (κ3) is 2.70. The fourth-order valence-electron chi connectivity index (χ4n) is 1.89. The number of rotatable bonds is 4. The summed E-state index contributed by atoms with van der Waals surface area (Å²) in [4.78, 5) is 24.7. The number of hydrogen-bond acceptors (Lipinski definition) is 4. The number of aliphatic carboxylic acids is 2. The molecule has 0 saturated carbocycles. The number of carboxylic acids is 2. The van der Waals surface area contributed by atoms with E-state index in [1.54, 1.807) is 0 Å². The van der Waals surface area contributed by atoms with E-state index in [0.29, 0.717) is 0 Å². The summed E-state index contributed by atoms with van der Waals surface area (Å²) in [7, 11) is 0. The first-order chi connectivity index (χ1) is 9.54. The highest BCUT2D eigenvalue weighted by atomic mass is 32.2. The monoisotopic (exact) mass is 291 g/mol. The lowest BCUT2D eigenvalue weighted by molar-refractivity contribution is -0.140. The van der Waals surface area contributed by atoms with Gasteiger partial charge in [-0.1, -0.05) is 23.9 Å². The molecule has 0 bridgehead atoms. The number of fused-ring (bicyclic) bond motifs is 1. The van der Waals surface area contributed by atoms with E-state index in [1.807, 2.05) is 36.1 Å². The summed E-state index contributed by atoms with van der Waals surface area (Å²) in [5.74, 6) is -2.89. The zero-order valence-corrected chi connectivity index (χ0v) is 11.6. The molecule has 6 heteroatoms. The molecule has 0 aromatic heterocycles. The van der Waals surface area contributed by atoms with Gasteiger partial charge in [0.25, 0.3) is 0 Å². The Morgan fingerprint density at radius 2 is 1.90 bits per heavy atom. The van der Waals surface area contributed by atoms with Crippen molar-refractivity contribution in [1.29, 1.82) is 0 Å². The molecule has 1 aliphatic heterocycles. The highest BCUT2D eigenvalue weighted by molar-refractivity contribution is 8.03. The molecule has 0 radical (unpaired) electrons. The van der Waals surface area contributed by atoms with Crippen LogP contribution in [0, 0.1) is 0 Å². The number of nitrogens with zero attached hydrogens (tertiary/aromatic N) is 1. The fourth-order valence-corrected chi connectivity index (χ4v) is 3.02. The first kappa shape index (κ1) is 14.2. The molecule has 0 unspecified atom stereocenters. The summed E-state index contributed by atoms with van der Waals surface area (Å²) in [5.41, 5.74) is 0.400. The van der Waals surface area contributed by atoms with E-state index in [2.05, 4.69) is 0 Å². The van der Waals surface area contributed by atoms with Crippen LogP contribution < -0.4 is 4.90 Å².